The lowest BCUT2D eigenvalue weighted by atomic mass is 9.79. The Morgan fingerprint density at radius 1 is 1.30 bits per heavy atom. The van der Waals surface area contributed by atoms with Crippen molar-refractivity contribution in [3.63, 3.8) is 0 Å². The third kappa shape index (κ3) is 4.04. The van der Waals surface area contributed by atoms with Crippen LogP contribution in [0.25, 0.3) is 0 Å². The monoisotopic (exact) mass is 311 g/mol. The van der Waals surface area contributed by atoms with Crippen LogP contribution in [0.3, 0.4) is 0 Å². The van der Waals surface area contributed by atoms with Crippen LogP contribution in [-0.2, 0) is 4.79 Å². The number of ketones is 1. The van der Waals surface area contributed by atoms with Gasteiger partial charge in [0.15, 0.2) is 5.78 Å². The molecule has 0 aromatic carbocycles. The lowest BCUT2D eigenvalue weighted by Gasteiger charge is -2.28. The average Bonchev–Trinajstić information content (AvgIpc) is 2.56. The quantitative estimate of drug-likeness (QED) is 0.799. The number of amides is 1. The van der Waals surface area contributed by atoms with Gasteiger partial charge in [0.2, 0.25) is 0 Å². The fraction of sp³-hybridized carbons (Fsp3) is 0.444. The van der Waals surface area contributed by atoms with Crippen molar-refractivity contribution in [1.82, 2.24) is 9.88 Å². The van der Waals surface area contributed by atoms with E-state index in [0.717, 1.165) is 6.42 Å². The second-order valence-electron chi connectivity index (χ2n) is 6.36. The molecule has 1 aliphatic rings. The summed E-state index contributed by atoms with van der Waals surface area (Å²) in [5.74, 6) is -0.141. The molecule has 2 rings (SSSR count). The van der Waals surface area contributed by atoms with Gasteiger partial charge in [0, 0.05) is 36.5 Å². The minimum Gasteiger partial charge on any atom is -0.338 e. The number of nitrogens with zero attached hydrogens (tertiary/aromatic N) is 3. The van der Waals surface area contributed by atoms with Gasteiger partial charge in [-0.3, -0.25) is 14.6 Å². The highest BCUT2D eigenvalue weighted by Crippen LogP contribution is 2.28. The topological polar surface area (TPSA) is 74.1 Å². The third-order valence-electron chi connectivity index (χ3n) is 4.17. The predicted molar refractivity (Wildman–Crippen MR) is 86.5 cm³/mol. The summed E-state index contributed by atoms with van der Waals surface area (Å²) < 4.78 is 0. The Labute approximate surface area is 136 Å². The molecule has 0 aliphatic carbocycles. The summed E-state index contributed by atoms with van der Waals surface area (Å²) in [6.07, 6.45) is 6.73. The van der Waals surface area contributed by atoms with Crippen molar-refractivity contribution < 1.29 is 9.59 Å². The van der Waals surface area contributed by atoms with Crippen LogP contribution in [-0.4, -0.2) is 34.7 Å². The van der Waals surface area contributed by atoms with E-state index in [1.54, 1.807) is 35.5 Å². The zero-order valence-corrected chi connectivity index (χ0v) is 13.6. The molecule has 0 atom stereocenters. The Morgan fingerprint density at radius 3 is 2.65 bits per heavy atom. The number of hydrogen-bond donors (Lipinski definition) is 0. The molecule has 1 aromatic heterocycles. The van der Waals surface area contributed by atoms with Gasteiger partial charge >= 0.3 is 0 Å². The number of hydrogen-bond acceptors (Lipinski definition) is 4. The molecule has 0 bridgehead atoms. The second kappa shape index (κ2) is 7.19. The van der Waals surface area contributed by atoms with Crippen molar-refractivity contribution in [3.05, 3.63) is 41.7 Å². The highest BCUT2D eigenvalue weighted by atomic mass is 16.2. The van der Waals surface area contributed by atoms with E-state index in [-0.39, 0.29) is 17.3 Å². The molecule has 2 heterocycles. The first-order valence-electron chi connectivity index (χ1n) is 7.80. The number of nitriles is 1. The van der Waals surface area contributed by atoms with Crippen LogP contribution in [0, 0.1) is 16.7 Å². The zero-order valence-electron chi connectivity index (χ0n) is 13.6. The van der Waals surface area contributed by atoms with Gasteiger partial charge in [0.25, 0.3) is 5.91 Å². The molecule has 0 N–H and O–H groups in total. The van der Waals surface area contributed by atoms with E-state index < -0.39 is 5.41 Å². The summed E-state index contributed by atoms with van der Waals surface area (Å²) in [5.41, 5.74) is 0.231. The van der Waals surface area contributed by atoms with Crippen LogP contribution in [0.1, 0.15) is 43.5 Å². The standard InChI is InChI=1S/C18H21N3O2/c1-18(2)8-4-12-21(11-3-5-15(13-19)16(18)22)17(23)14-6-9-20-10-7-14/h5-7,9-10H,3-4,8,11-12H2,1-2H3/b15-5-. The van der Waals surface area contributed by atoms with Crippen molar-refractivity contribution in [2.24, 2.45) is 5.41 Å². The highest BCUT2D eigenvalue weighted by molar-refractivity contribution is 6.02. The van der Waals surface area contributed by atoms with Crippen LogP contribution in [0.5, 0.6) is 0 Å². The Hall–Kier alpha value is -2.48. The van der Waals surface area contributed by atoms with Crippen LogP contribution < -0.4 is 0 Å². The van der Waals surface area contributed by atoms with Gasteiger partial charge in [0.05, 0.1) is 5.57 Å². The molecule has 120 valence electrons. The minimum absolute atomic E-state index is 0.0380. The minimum atomic E-state index is -0.579. The van der Waals surface area contributed by atoms with Gasteiger partial charge in [0.1, 0.15) is 6.07 Å². The summed E-state index contributed by atoms with van der Waals surface area (Å²) in [5, 5.41) is 9.20. The van der Waals surface area contributed by atoms with Gasteiger partial charge in [-0.2, -0.15) is 5.26 Å². The number of carbonyl (C=O) groups excluding carboxylic acids is 2. The zero-order chi connectivity index (χ0) is 16.9. The van der Waals surface area contributed by atoms with Crippen molar-refractivity contribution >= 4 is 11.7 Å². The van der Waals surface area contributed by atoms with Crippen molar-refractivity contribution in [2.45, 2.75) is 33.1 Å². The van der Waals surface area contributed by atoms with Crippen molar-refractivity contribution in [1.29, 1.82) is 5.26 Å². The molecule has 1 aromatic rings. The maximum Gasteiger partial charge on any atom is 0.253 e. The van der Waals surface area contributed by atoms with E-state index in [9.17, 15) is 14.9 Å². The van der Waals surface area contributed by atoms with E-state index in [4.69, 9.17) is 0 Å². The van der Waals surface area contributed by atoms with Crippen LogP contribution in [0.4, 0.5) is 0 Å². The van der Waals surface area contributed by atoms with E-state index in [1.807, 2.05) is 19.9 Å². The number of rotatable bonds is 1. The number of aromatic nitrogens is 1. The summed E-state index contributed by atoms with van der Waals surface area (Å²) in [7, 11) is 0. The maximum absolute atomic E-state index is 12.6. The molecule has 1 aliphatic heterocycles. The number of allylic oxidation sites excluding steroid dienone is 1. The second-order valence-corrected chi connectivity index (χ2v) is 6.36. The molecule has 0 fully saturated rings. The van der Waals surface area contributed by atoms with E-state index in [2.05, 4.69) is 4.98 Å². The number of Topliss-reactive ketones (excluding diaryl/α,β-unsaturated/α-hetero) is 1. The summed E-state index contributed by atoms with van der Waals surface area (Å²) in [6, 6.07) is 5.40. The average molecular weight is 311 g/mol. The van der Waals surface area contributed by atoms with Gasteiger partial charge in [-0.15, -0.1) is 0 Å². The SMILES string of the molecule is CC1(C)CCCN(C(=O)c2ccncc2)CC/C=C(/C#N)C1=O. The van der Waals surface area contributed by atoms with Gasteiger partial charge in [-0.05, 0) is 31.4 Å². The largest absolute Gasteiger partial charge is 0.338 e. The van der Waals surface area contributed by atoms with Gasteiger partial charge in [-0.1, -0.05) is 19.9 Å². The van der Waals surface area contributed by atoms with E-state index in [0.29, 0.717) is 31.5 Å². The molecule has 1 amide bonds. The number of pyridine rings is 1. The van der Waals surface area contributed by atoms with Crippen LogP contribution in [0.2, 0.25) is 0 Å². The molecule has 0 saturated carbocycles. The molecular formula is C18H21N3O2. The van der Waals surface area contributed by atoms with Crippen molar-refractivity contribution in [3.8, 4) is 6.07 Å². The first kappa shape index (κ1) is 16.9. The van der Waals surface area contributed by atoms with Gasteiger partial charge in [-0.25, -0.2) is 0 Å². The predicted octanol–water partition coefficient (Wildman–Crippen LogP) is 2.75. The maximum atomic E-state index is 12.6. The van der Waals surface area contributed by atoms with Crippen LogP contribution >= 0.6 is 0 Å². The highest BCUT2D eigenvalue weighted by Gasteiger charge is 2.31. The molecule has 0 spiro atoms. The van der Waals surface area contributed by atoms with Gasteiger partial charge < -0.3 is 4.90 Å². The summed E-state index contributed by atoms with van der Waals surface area (Å²) in [4.78, 5) is 30.7. The Balaban J connectivity index is 2.20. The summed E-state index contributed by atoms with van der Waals surface area (Å²) in [6.45, 7) is 4.82. The first-order chi connectivity index (χ1) is 11.0. The molecule has 5 heteroatoms. The lowest BCUT2D eigenvalue weighted by Crippen LogP contribution is -2.35. The molecule has 0 saturated heterocycles. The smallest absolute Gasteiger partial charge is 0.253 e. The third-order valence-corrected chi connectivity index (χ3v) is 4.17. The van der Waals surface area contributed by atoms with Crippen molar-refractivity contribution in [2.75, 3.05) is 13.1 Å². The lowest BCUT2D eigenvalue weighted by molar-refractivity contribution is -0.123. The van der Waals surface area contributed by atoms with E-state index >= 15 is 0 Å². The Kier molecular flexibility index (Phi) is 5.28. The molecule has 23 heavy (non-hydrogen) atoms. The fourth-order valence-electron chi connectivity index (χ4n) is 2.74. The Bertz CT molecular complexity index is 657. The van der Waals surface area contributed by atoms with E-state index in [1.165, 1.54) is 0 Å². The normalized spacial score (nSPS) is 21.0. The number of carbonyl (C=O) groups is 2. The summed E-state index contributed by atoms with van der Waals surface area (Å²) >= 11 is 0. The first-order valence-corrected chi connectivity index (χ1v) is 7.80. The Morgan fingerprint density at radius 2 is 2.00 bits per heavy atom. The molecule has 5 nitrogen and oxygen atoms in total. The fourth-order valence-corrected chi connectivity index (χ4v) is 2.74. The van der Waals surface area contributed by atoms with Crippen LogP contribution in [0.15, 0.2) is 36.2 Å². The molecule has 0 radical (unpaired) electrons. The molecular weight excluding hydrogens is 290 g/mol. The molecule has 0 unspecified atom stereocenters.